The third kappa shape index (κ3) is 5.08. The fourth-order valence-electron chi connectivity index (χ4n) is 4.82. The zero-order valence-electron chi connectivity index (χ0n) is 21.3. The van der Waals surface area contributed by atoms with Gasteiger partial charge < -0.3 is 15.7 Å². The fourth-order valence-corrected chi connectivity index (χ4v) is 5.12. The van der Waals surface area contributed by atoms with Gasteiger partial charge >= 0.3 is 0 Å². The molecule has 1 fully saturated rings. The van der Waals surface area contributed by atoms with Crippen molar-refractivity contribution in [3.05, 3.63) is 70.2 Å². The number of hydrogen-bond donors (Lipinski definition) is 2. The number of aromatic nitrogens is 3. The minimum absolute atomic E-state index is 0.0364. The smallest absolute Gasteiger partial charge is 0.253 e. The molecule has 8 nitrogen and oxygen atoms in total. The molecule has 1 aliphatic heterocycles. The van der Waals surface area contributed by atoms with Gasteiger partial charge in [0.2, 0.25) is 0 Å². The van der Waals surface area contributed by atoms with Crippen LogP contribution < -0.4 is 5.73 Å². The van der Waals surface area contributed by atoms with E-state index in [2.05, 4.69) is 10.3 Å². The number of amides is 1. The number of benzene rings is 3. The van der Waals surface area contributed by atoms with Crippen molar-refractivity contribution in [1.29, 1.82) is 5.26 Å². The number of aliphatic hydroxyl groups is 1. The largest absolute Gasteiger partial charge is 0.389 e. The molecule has 0 saturated carbocycles. The molecule has 2 heterocycles. The molecular weight excluding hydrogens is 526 g/mol. The molecule has 0 bridgehead atoms. The predicted molar refractivity (Wildman–Crippen MR) is 143 cm³/mol. The van der Waals surface area contributed by atoms with E-state index in [4.69, 9.17) is 22.6 Å². The number of fused-ring (bicyclic) bond motifs is 1. The van der Waals surface area contributed by atoms with E-state index >= 15 is 4.39 Å². The highest BCUT2D eigenvalue weighted by molar-refractivity contribution is 6.35. The molecule has 0 aliphatic carbocycles. The lowest BCUT2D eigenvalue weighted by molar-refractivity contribution is 0.0585. The SMILES string of the molecule is CC(C)(O)Cn1nnc2cc(-c3ccc(C(=O)N4CC[C@H](N)C4)cc3-c3ccc(C#N)c(F)c3)c(F)c(Cl)c21. The Labute approximate surface area is 228 Å². The van der Waals surface area contributed by atoms with Crippen LogP contribution in [0.5, 0.6) is 0 Å². The summed E-state index contributed by atoms with van der Waals surface area (Å²) in [6.07, 6.45) is 0.690. The van der Waals surface area contributed by atoms with Crippen molar-refractivity contribution in [2.45, 2.75) is 38.5 Å². The van der Waals surface area contributed by atoms with Crippen LogP contribution in [0.15, 0.2) is 42.5 Å². The maximum absolute atomic E-state index is 15.9. The van der Waals surface area contributed by atoms with E-state index in [1.54, 1.807) is 43.0 Å². The highest BCUT2D eigenvalue weighted by Gasteiger charge is 2.27. The number of nitrogens with two attached hydrogens (primary N) is 1. The van der Waals surface area contributed by atoms with Crippen LogP contribution in [0.25, 0.3) is 33.3 Å². The van der Waals surface area contributed by atoms with Crippen LogP contribution in [0, 0.1) is 23.0 Å². The maximum atomic E-state index is 15.9. The van der Waals surface area contributed by atoms with Gasteiger partial charge in [-0.15, -0.1) is 5.10 Å². The summed E-state index contributed by atoms with van der Waals surface area (Å²) in [7, 11) is 0. The standard InChI is InChI=1S/C28H25ClF2N6O2/c1-28(2,39)14-37-26-23(34-35-37)11-21(25(31)24(26)29)19-6-5-16(27(38)36-8-7-18(33)13-36)9-20(19)15-3-4-17(12-32)22(30)10-15/h3-6,9-11,18,39H,7-8,13-14,33H2,1-2H3/t18-/m0/s1. The summed E-state index contributed by atoms with van der Waals surface area (Å²) in [6, 6.07) is 11.9. The summed E-state index contributed by atoms with van der Waals surface area (Å²) in [5, 5.41) is 27.3. The normalized spacial score (nSPS) is 15.6. The molecule has 1 amide bonds. The molecule has 3 aromatic carbocycles. The van der Waals surface area contributed by atoms with Gasteiger partial charge in [0.1, 0.15) is 27.9 Å². The Morgan fingerprint density at radius 1 is 1.21 bits per heavy atom. The van der Waals surface area contributed by atoms with Crippen molar-refractivity contribution >= 4 is 28.5 Å². The van der Waals surface area contributed by atoms with Crippen LogP contribution in [0.4, 0.5) is 8.78 Å². The minimum atomic E-state index is -1.15. The van der Waals surface area contributed by atoms with Gasteiger partial charge in [0.05, 0.1) is 17.7 Å². The average Bonchev–Trinajstić information content (AvgIpc) is 3.50. The first kappa shape index (κ1) is 26.7. The molecule has 11 heteroatoms. The van der Waals surface area contributed by atoms with Crippen LogP contribution in [-0.2, 0) is 6.54 Å². The Morgan fingerprint density at radius 2 is 1.97 bits per heavy atom. The molecule has 0 spiro atoms. The van der Waals surface area contributed by atoms with Crippen molar-refractivity contribution in [3.8, 4) is 28.3 Å². The van der Waals surface area contributed by atoms with Crippen LogP contribution in [0.3, 0.4) is 0 Å². The van der Waals surface area contributed by atoms with E-state index in [-0.39, 0.29) is 40.2 Å². The molecule has 3 N–H and O–H groups in total. The summed E-state index contributed by atoms with van der Waals surface area (Å²) in [5.41, 5.74) is 6.66. The highest BCUT2D eigenvalue weighted by atomic mass is 35.5. The van der Waals surface area contributed by atoms with Crippen molar-refractivity contribution < 1.29 is 18.7 Å². The second-order valence-corrected chi connectivity index (χ2v) is 10.7. The number of hydrogen-bond acceptors (Lipinski definition) is 6. The van der Waals surface area contributed by atoms with Crippen molar-refractivity contribution in [3.63, 3.8) is 0 Å². The first-order valence-corrected chi connectivity index (χ1v) is 12.7. The van der Waals surface area contributed by atoms with Gasteiger partial charge in [-0.1, -0.05) is 28.9 Å². The number of halogens is 3. The molecule has 5 rings (SSSR count). The molecule has 0 radical (unpaired) electrons. The minimum Gasteiger partial charge on any atom is -0.389 e. The van der Waals surface area contributed by atoms with Gasteiger partial charge in [0.25, 0.3) is 5.91 Å². The Hall–Kier alpha value is -3.91. The topological polar surface area (TPSA) is 121 Å². The molecule has 1 atom stereocenters. The second-order valence-electron chi connectivity index (χ2n) is 10.3. The first-order valence-electron chi connectivity index (χ1n) is 12.3. The van der Waals surface area contributed by atoms with E-state index in [0.29, 0.717) is 47.3 Å². The third-order valence-corrected chi connectivity index (χ3v) is 7.03. The lowest BCUT2D eigenvalue weighted by atomic mass is 9.91. The number of nitriles is 1. The molecule has 0 unspecified atom stereocenters. The first-order chi connectivity index (χ1) is 18.5. The lowest BCUT2D eigenvalue weighted by Crippen LogP contribution is -2.31. The summed E-state index contributed by atoms with van der Waals surface area (Å²) in [6.45, 7) is 4.14. The van der Waals surface area contributed by atoms with Crippen LogP contribution in [0.2, 0.25) is 5.02 Å². The summed E-state index contributed by atoms with van der Waals surface area (Å²) >= 11 is 6.47. The molecule has 1 aliphatic rings. The summed E-state index contributed by atoms with van der Waals surface area (Å²) in [4.78, 5) is 14.9. The van der Waals surface area contributed by atoms with Gasteiger partial charge in [0, 0.05) is 30.3 Å². The van der Waals surface area contributed by atoms with Gasteiger partial charge in [-0.05, 0) is 67.3 Å². The Balaban J connectivity index is 1.69. The molecule has 1 aromatic heterocycles. The monoisotopic (exact) mass is 550 g/mol. The second kappa shape index (κ2) is 10.0. The number of rotatable bonds is 5. The van der Waals surface area contributed by atoms with Crippen LogP contribution >= 0.6 is 11.6 Å². The van der Waals surface area contributed by atoms with Gasteiger partial charge in [0.15, 0.2) is 5.82 Å². The average molecular weight is 551 g/mol. The van der Waals surface area contributed by atoms with E-state index in [9.17, 15) is 14.3 Å². The Morgan fingerprint density at radius 3 is 2.62 bits per heavy atom. The predicted octanol–water partition coefficient (Wildman–Crippen LogP) is 4.51. The molecule has 1 saturated heterocycles. The molecule has 200 valence electrons. The van der Waals surface area contributed by atoms with Gasteiger partial charge in [-0.2, -0.15) is 5.26 Å². The van der Waals surface area contributed by atoms with Gasteiger partial charge in [-0.25, -0.2) is 13.5 Å². The zero-order chi connectivity index (χ0) is 28.1. The van der Waals surface area contributed by atoms with Gasteiger partial charge in [-0.3, -0.25) is 4.79 Å². The third-order valence-electron chi connectivity index (χ3n) is 6.69. The van der Waals surface area contributed by atoms with E-state index < -0.39 is 17.2 Å². The van der Waals surface area contributed by atoms with E-state index in [0.717, 1.165) is 0 Å². The maximum Gasteiger partial charge on any atom is 0.253 e. The van der Waals surface area contributed by atoms with Crippen molar-refractivity contribution in [2.75, 3.05) is 13.1 Å². The number of likely N-dealkylation sites (tertiary alicyclic amines) is 1. The Bertz CT molecular complexity index is 1660. The fraction of sp³-hybridized carbons (Fsp3) is 0.286. The highest BCUT2D eigenvalue weighted by Crippen LogP contribution is 2.40. The lowest BCUT2D eigenvalue weighted by Gasteiger charge is -2.19. The van der Waals surface area contributed by atoms with E-state index in [1.807, 2.05) is 0 Å². The van der Waals surface area contributed by atoms with Crippen LogP contribution in [-0.4, -0.2) is 55.6 Å². The number of carbonyl (C=O) groups is 1. The molecule has 4 aromatic rings. The van der Waals surface area contributed by atoms with E-state index in [1.165, 1.54) is 28.9 Å². The number of carbonyl (C=O) groups excluding carboxylic acids is 1. The number of nitrogens with zero attached hydrogens (tertiary/aromatic N) is 5. The summed E-state index contributed by atoms with van der Waals surface area (Å²) in [5.74, 6) is -1.75. The van der Waals surface area contributed by atoms with Crippen molar-refractivity contribution in [1.82, 2.24) is 19.9 Å². The molecule has 39 heavy (non-hydrogen) atoms. The zero-order valence-corrected chi connectivity index (χ0v) is 22.0. The molecular formula is C28H25ClF2N6O2. The quantitative estimate of drug-likeness (QED) is 0.377. The summed E-state index contributed by atoms with van der Waals surface area (Å²) < 4.78 is 31.9. The Kier molecular flexibility index (Phi) is 6.84. The van der Waals surface area contributed by atoms with Crippen molar-refractivity contribution in [2.24, 2.45) is 5.73 Å². The van der Waals surface area contributed by atoms with Crippen LogP contribution in [0.1, 0.15) is 36.2 Å².